The molecule has 0 aliphatic carbocycles. The second kappa shape index (κ2) is 7.21. The Hall–Kier alpha value is -2.57. The SMILES string of the molecule is CC(C)(C)c1cc(CCCn2c(=O)[nH]c(=O)[nH]c2=O)cc(C(C)(C)C)c1O. The lowest BCUT2D eigenvalue weighted by Gasteiger charge is -2.28. The molecular formula is C20H29N3O4. The highest BCUT2D eigenvalue weighted by Gasteiger charge is 2.26. The lowest BCUT2D eigenvalue weighted by molar-refractivity contribution is 0.422. The van der Waals surface area contributed by atoms with Gasteiger partial charge in [0.1, 0.15) is 5.75 Å². The van der Waals surface area contributed by atoms with E-state index in [1.54, 1.807) is 0 Å². The van der Waals surface area contributed by atoms with Gasteiger partial charge in [0.25, 0.3) is 0 Å². The maximum Gasteiger partial charge on any atom is 0.333 e. The molecule has 0 saturated carbocycles. The van der Waals surface area contributed by atoms with Crippen LogP contribution in [-0.4, -0.2) is 19.6 Å². The van der Waals surface area contributed by atoms with Crippen LogP contribution in [0.4, 0.5) is 0 Å². The number of nitrogens with one attached hydrogen (secondary N) is 2. The third-order valence-electron chi connectivity index (χ3n) is 4.56. The molecule has 1 aromatic heterocycles. The molecule has 27 heavy (non-hydrogen) atoms. The van der Waals surface area contributed by atoms with E-state index < -0.39 is 17.1 Å². The molecule has 1 heterocycles. The molecule has 2 aromatic rings. The Kier molecular flexibility index (Phi) is 5.54. The first-order valence-corrected chi connectivity index (χ1v) is 9.11. The van der Waals surface area contributed by atoms with E-state index in [0.29, 0.717) is 18.6 Å². The van der Waals surface area contributed by atoms with Gasteiger partial charge in [0.05, 0.1) is 0 Å². The molecule has 0 aliphatic heterocycles. The Morgan fingerprint density at radius 2 is 1.33 bits per heavy atom. The van der Waals surface area contributed by atoms with Gasteiger partial charge in [-0.05, 0) is 40.4 Å². The van der Waals surface area contributed by atoms with Gasteiger partial charge in [-0.2, -0.15) is 0 Å². The highest BCUT2D eigenvalue weighted by atomic mass is 16.3. The maximum atomic E-state index is 11.8. The topological polar surface area (TPSA) is 108 Å². The summed E-state index contributed by atoms with van der Waals surface area (Å²) in [6.45, 7) is 12.5. The second-order valence-electron chi connectivity index (χ2n) is 8.98. The number of phenols is 1. The van der Waals surface area contributed by atoms with Crippen molar-refractivity contribution in [2.24, 2.45) is 0 Å². The maximum absolute atomic E-state index is 11.8. The van der Waals surface area contributed by atoms with Crippen LogP contribution < -0.4 is 17.1 Å². The second-order valence-corrected chi connectivity index (χ2v) is 8.98. The molecule has 0 amide bonds. The molecule has 0 spiro atoms. The van der Waals surface area contributed by atoms with E-state index in [1.165, 1.54) is 0 Å². The Morgan fingerprint density at radius 1 is 0.889 bits per heavy atom. The smallest absolute Gasteiger partial charge is 0.333 e. The van der Waals surface area contributed by atoms with Crippen LogP contribution in [0.15, 0.2) is 26.5 Å². The van der Waals surface area contributed by atoms with Gasteiger partial charge in [-0.3, -0.25) is 9.97 Å². The number of phenolic OH excluding ortho intramolecular Hbond substituents is 1. The number of hydrogen-bond donors (Lipinski definition) is 3. The molecule has 0 atom stereocenters. The number of hydrogen-bond acceptors (Lipinski definition) is 4. The van der Waals surface area contributed by atoms with Crippen LogP contribution in [0.1, 0.15) is 64.7 Å². The van der Waals surface area contributed by atoms with Gasteiger partial charge in [-0.25, -0.2) is 19.0 Å². The number of aromatic hydroxyl groups is 1. The molecule has 0 unspecified atom stereocenters. The normalized spacial score (nSPS) is 12.4. The number of aromatic amines is 2. The molecule has 0 saturated heterocycles. The summed E-state index contributed by atoms with van der Waals surface area (Å²) in [7, 11) is 0. The predicted molar refractivity (Wildman–Crippen MR) is 106 cm³/mol. The summed E-state index contributed by atoms with van der Waals surface area (Å²) >= 11 is 0. The summed E-state index contributed by atoms with van der Waals surface area (Å²) in [6, 6.07) is 3.98. The molecule has 148 valence electrons. The van der Waals surface area contributed by atoms with Crippen LogP contribution in [0, 0.1) is 0 Å². The first kappa shape index (κ1) is 20.7. The fourth-order valence-electron chi connectivity index (χ4n) is 3.08. The van der Waals surface area contributed by atoms with E-state index in [9.17, 15) is 19.5 Å². The summed E-state index contributed by atoms with van der Waals surface area (Å²) in [6.07, 6.45) is 1.18. The van der Waals surface area contributed by atoms with Gasteiger partial charge in [-0.15, -0.1) is 0 Å². The first-order chi connectivity index (χ1) is 12.3. The van der Waals surface area contributed by atoms with Crippen molar-refractivity contribution in [1.82, 2.24) is 14.5 Å². The third kappa shape index (κ3) is 4.78. The van der Waals surface area contributed by atoms with Crippen molar-refractivity contribution in [3.63, 3.8) is 0 Å². The predicted octanol–water partition coefficient (Wildman–Crippen LogP) is 2.16. The molecule has 0 radical (unpaired) electrons. The van der Waals surface area contributed by atoms with E-state index in [1.807, 2.05) is 12.1 Å². The summed E-state index contributed by atoms with van der Waals surface area (Å²) in [5.41, 5.74) is 0.148. The number of nitrogens with zero attached hydrogens (tertiary/aromatic N) is 1. The fourth-order valence-corrected chi connectivity index (χ4v) is 3.08. The standard InChI is InChI=1S/C20H29N3O4/c1-19(2,3)13-10-12(11-14(15(13)24)20(4,5)6)8-7-9-23-17(26)21-16(25)22-18(23)27/h10-11,24H,7-9H2,1-6H3,(H2,21,22,25,26,27). The zero-order valence-corrected chi connectivity index (χ0v) is 16.9. The molecular weight excluding hydrogens is 346 g/mol. The highest BCUT2D eigenvalue weighted by Crippen LogP contribution is 2.39. The van der Waals surface area contributed by atoms with Crippen LogP contribution in [-0.2, 0) is 23.8 Å². The van der Waals surface area contributed by atoms with E-state index in [-0.39, 0.29) is 17.4 Å². The molecule has 7 heteroatoms. The van der Waals surface area contributed by atoms with Crippen LogP contribution >= 0.6 is 0 Å². The van der Waals surface area contributed by atoms with Crippen molar-refractivity contribution >= 4 is 0 Å². The molecule has 3 N–H and O–H groups in total. The number of benzene rings is 1. The summed E-state index contributed by atoms with van der Waals surface area (Å²) in [4.78, 5) is 38.8. The van der Waals surface area contributed by atoms with Gasteiger partial charge in [0.2, 0.25) is 0 Å². The average molecular weight is 375 g/mol. The number of H-pyrrole nitrogens is 2. The zero-order valence-electron chi connectivity index (χ0n) is 16.9. The van der Waals surface area contributed by atoms with Crippen molar-refractivity contribution in [2.75, 3.05) is 0 Å². The molecule has 7 nitrogen and oxygen atoms in total. The van der Waals surface area contributed by atoms with Crippen LogP contribution in [0.3, 0.4) is 0 Å². The number of aromatic nitrogens is 3. The van der Waals surface area contributed by atoms with Crippen molar-refractivity contribution < 1.29 is 5.11 Å². The number of rotatable bonds is 4. The van der Waals surface area contributed by atoms with Crippen LogP contribution in [0.25, 0.3) is 0 Å². The van der Waals surface area contributed by atoms with Gasteiger partial charge in [-0.1, -0.05) is 53.7 Å². The van der Waals surface area contributed by atoms with E-state index >= 15 is 0 Å². The highest BCUT2D eigenvalue weighted by molar-refractivity contribution is 5.49. The van der Waals surface area contributed by atoms with Crippen LogP contribution in [0.5, 0.6) is 5.75 Å². The van der Waals surface area contributed by atoms with E-state index in [4.69, 9.17) is 0 Å². The fraction of sp³-hybridized carbons (Fsp3) is 0.550. The van der Waals surface area contributed by atoms with Crippen molar-refractivity contribution in [2.45, 2.75) is 71.8 Å². The first-order valence-electron chi connectivity index (χ1n) is 9.11. The molecule has 0 fully saturated rings. The molecule has 0 bridgehead atoms. The van der Waals surface area contributed by atoms with E-state index in [0.717, 1.165) is 21.3 Å². The Balaban J connectivity index is 2.33. The van der Waals surface area contributed by atoms with Crippen molar-refractivity contribution in [3.05, 3.63) is 60.3 Å². The number of aryl methyl sites for hydroxylation is 1. The quantitative estimate of drug-likeness (QED) is 0.761. The minimum Gasteiger partial charge on any atom is -0.507 e. The van der Waals surface area contributed by atoms with Crippen molar-refractivity contribution in [3.8, 4) is 5.75 Å². The largest absolute Gasteiger partial charge is 0.507 e. The molecule has 0 aliphatic rings. The van der Waals surface area contributed by atoms with Gasteiger partial charge in [0, 0.05) is 6.54 Å². The van der Waals surface area contributed by atoms with Gasteiger partial charge in [0.15, 0.2) is 0 Å². The lowest BCUT2D eigenvalue weighted by atomic mass is 9.78. The monoisotopic (exact) mass is 375 g/mol. The van der Waals surface area contributed by atoms with Gasteiger partial charge < -0.3 is 5.11 Å². The minimum absolute atomic E-state index is 0.196. The Bertz CT molecular complexity index is 929. The Labute approximate surface area is 158 Å². The Morgan fingerprint density at radius 3 is 1.74 bits per heavy atom. The molecule has 1 aromatic carbocycles. The summed E-state index contributed by atoms with van der Waals surface area (Å²) in [5, 5.41) is 10.8. The third-order valence-corrected chi connectivity index (χ3v) is 4.56. The van der Waals surface area contributed by atoms with E-state index in [2.05, 4.69) is 51.5 Å². The van der Waals surface area contributed by atoms with Crippen LogP contribution in [0.2, 0.25) is 0 Å². The zero-order chi connectivity index (χ0) is 20.6. The lowest BCUT2D eigenvalue weighted by Crippen LogP contribution is -2.43. The molecule has 2 rings (SSSR count). The summed E-state index contributed by atoms with van der Waals surface area (Å²) in [5.74, 6) is 0.326. The summed E-state index contributed by atoms with van der Waals surface area (Å²) < 4.78 is 0.983. The van der Waals surface area contributed by atoms with Gasteiger partial charge >= 0.3 is 17.1 Å². The van der Waals surface area contributed by atoms with Crippen molar-refractivity contribution in [1.29, 1.82) is 0 Å². The minimum atomic E-state index is -0.801. The average Bonchev–Trinajstić information content (AvgIpc) is 2.48.